The van der Waals surface area contributed by atoms with Gasteiger partial charge in [-0.15, -0.1) is 0 Å². The van der Waals surface area contributed by atoms with E-state index >= 15 is 0 Å². The standard InChI is InChI=1S/C16H18N4O2/c1-11-15(21)19-9-5-8-13(19)10-20(11)16-17-14(22-18-16)12-6-3-2-4-7-12/h2-4,6-7,11,13H,5,8-10H2,1H3/t11-,13+/m0/s1. The zero-order valence-corrected chi connectivity index (χ0v) is 12.5. The number of carbonyl (C=O) groups is 1. The minimum atomic E-state index is -0.240. The third-order valence-corrected chi connectivity index (χ3v) is 4.59. The van der Waals surface area contributed by atoms with Crippen LogP contribution >= 0.6 is 0 Å². The average Bonchev–Trinajstić information content (AvgIpc) is 3.20. The van der Waals surface area contributed by atoms with Gasteiger partial charge in [-0.1, -0.05) is 18.2 Å². The van der Waals surface area contributed by atoms with Gasteiger partial charge in [0, 0.05) is 24.7 Å². The smallest absolute Gasteiger partial charge is 0.267 e. The van der Waals surface area contributed by atoms with Gasteiger partial charge in [-0.25, -0.2) is 0 Å². The summed E-state index contributed by atoms with van der Waals surface area (Å²) in [6.45, 7) is 3.57. The molecule has 0 spiro atoms. The van der Waals surface area contributed by atoms with Crippen molar-refractivity contribution in [2.24, 2.45) is 0 Å². The average molecular weight is 298 g/mol. The maximum atomic E-state index is 12.5. The van der Waals surface area contributed by atoms with Gasteiger partial charge in [-0.3, -0.25) is 4.79 Å². The van der Waals surface area contributed by atoms with Crippen molar-refractivity contribution in [3.05, 3.63) is 30.3 Å². The van der Waals surface area contributed by atoms with Gasteiger partial charge in [0.15, 0.2) is 0 Å². The third-order valence-electron chi connectivity index (χ3n) is 4.59. The second kappa shape index (κ2) is 5.12. The molecule has 0 unspecified atom stereocenters. The predicted molar refractivity (Wildman–Crippen MR) is 81.3 cm³/mol. The lowest BCUT2D eigenvalue weighted by molar-refractivity contribution is -0.134. The first-order valence-corrected chi connectivity index (χ1v) is 7.70. The van der Waals surface area contributed by atoms with Crippen LogP contribution in [0.1, 0.15) is 19.8 Å². The van der Waals surface area contributed by atoms with Gasteiger partial charge in [0.25, 0.3) is 11.8 Å². The largest absolute Gasteiger partial charge is 0.336 e. The molecule has 2 aliphatic rings. The molecule has 0 aliphatic carbocycles. The first-order chi connectivity index (χ1) is 10.7. The molecule has 0 saturated carbocycles. The monoisotopic (exact) mass is 298 g/mol. The quantitative estimate of drug-likeness (QED) is 0.848. The molecule has 2 aliphatic heterocycles. The zero-order chi connectivity index (χ0) is 15.1. The van der Waals surface area contributed by atoms with Crippen molar-refractivity contribution in [1.29, 1.82) is 0 Å². The number of amides is 1. The molecule has 6 nitrogen and oxygen atoms in total. The van der Waals surface area contributed by atoms with Crippen LogP contribution < -0.4 is 4.90 Å². The maximum Gasteiger partial charge on any atom is 0.267 e. The number of rotatable bonds is 2. The summed E-state index contributed by atoms with van der Waals surface area (Å²) in [6.07, 6.45) is 2.14. The van der Waals surface area contributed by atoms with Crippen LogP contribution in [-0.4, -0.2) is 46.1 Å². The second-order valence-corrected chi connectivity index (χ2v) is 5.92. The number of nitrogens with zero attached hydrogens (tertiary/aromatic N) is 4. The summed E-state index contributed by atoms with van der Waals surface area (Å²) in [6, 6.07) is 9.71. The normalized spacial score (nSPS) is 24.7. The Labute approximate surface area is 128 Å². The number of hydrogen-bond donors (Lipinski definition) is 0. The van der Waals surface area contributed by atoms with Crippen molar-refractivity contribution in [3.63, 3.8) is 0 Å². The molecule has 0 bridgehead atoms. The molecule has 3 heterocycles. The Morgan fingerprint density at radius 3 is 2.86 bits per heavy atom. The van der Waals surface area contributed by atoms with E-state index in [1.165, 1.54) is 0 Å². The number of fused-ring (bicyclic) bond motifs is 1. The molecule has 22 heavy (non-hydrogen) atoms. The minimum Gasteiger partial charge on any atom is -0.336 e. The van der Waals surface area contributed by atoms with Gasteiger partial charge >= 0.3 is 0 Å². The molecule has 1 aromatic carbocycles. The van der Waals surface area contributed by atoms with Crippen LogP contribution in [0.5, 0.6) is 0 Å². The molecular formula is C16H18N4O2. The Morgan fingerprint density at radius 2 is 2.05 bits per heavy atom. The zero-order valence-electron chi connectivity index (χ0n) is 12.5. The van der Waals surface area contributed by atoms with Gasteiger partial charge in [-0.05, 0) is 37.1 Å². The Hall–Kier alpha value is -2.37. The number of benzene rings is 1. The maximum absolute atomic E-state index is 12.5. The molecule has 2 atom stereocenters. The number of hydrogen-bond acceptors (Lipinski definition) is 5. The minimum absolute atomic E-state index is 0.166. The number of piperazine rings is 1. The van der Waals surface area contributed by atoms with Crippen molar-refractivity contribution in [3.8, 4) is 11.5 Å². The predicted octanol–water partition coefficient (Wildman–Crippen LogP) is 1.94. The van der Waals surface area contributed by atoms with Crippen molar-refractivity contribution in [1.82, 2.24) is 15.0 Å². The molecule has 0 radical (unpaired) electrons. The molecule has 0 N–H and O–H groups in total. The molecule has 2 aromatic rings. The van der Waals surface area contributed by atoms with E-state index < -0.39 is 0 Å². The van der Waals surface area contributed by atoms with Crippen molar-refractivity contribution in [2.45, 2.75) is 31.8 Å². The van der Waals surface area contributed by atoms with Gasteiger partial charge in [-0.2, -0.15) is 4.98 Å². The summed E-state index contributed by atoms with van der Waals surface area (Å²) >= 11 is 0. The number of aromatic nitrogens is 2. The molecule has 2 saturated heterocycles. The van der Waals surface area contributed by atoms with E-state index in [0.717, 1.165) is 31.5 Å². The Kier molecular flexibility index (Phi) is 3.10. The van der Waals surface area contributed by atoms with Crippen LogP contribution in [0.3, 0.4) is 0 Å². The summed E-state index contributed by atoms with van der Waals surface area (Å²) in [4.78, 5) is 20.9. The van der Waals surface area contributed by atoms with E-state index in [0.29, 0.717) is 11.8 Å². The fourth-order valence-corrected chi connectivity index (χ4v) is 3.36. The van der Waals surface area contributed by atoms with Gasteiger partial charge < -0.3 is 14.3 Å². The first kappa shape index (κ1) is 13.3. The molecule has 4 rings (SSSR count). The Bertz CT molecular complexity index is 684. The van der Waals surface area contributed by atoms with E-state index in [1.54, 1.807) is 0 Å². The Balaban J connectivity index is 1.62. The van der Waals surface area contributed by atoms with Crippen molar-refractivity contribution in [2.75, 3.05) is 18.0 Å². The van der Waals surface area contributed by atoms with Gasteiger partial charge in [0.1, 0.15) is 6.04 Å². The van der Waals surface area contributed by atoms with Gasteiger partial charge in [0.2, 0.25) is 5.91 Å². The van der Waals surface area contributed by atoms with E-state index in [2.05, 4.69) is 10.1 Å². The van der Waals surface area contributed by atoms with Crippen LogP contribution in [0.15, 0.2) is 34.9 Å². The van der Waals surface area contributed by atoms with E-state index in [1.807, 2.05) is 47.1 Å². The Morgan fingerprint density at radius 1 is 1.23 bits per heavy atom. The summed E-state index contributed by atoms with van der Waals surface area (Å²) in [5, 5.41) is 4.08. The molecular weight excluding hydrogens is 280 g/mol. The number of anilines is 1. The molecule has 1 amide bonds. The summed E-state index contributed by atoms with van der Waals surface area (Å²) in [5.41, 5.74) is 0.889. The molecule has 2 fully saturated rings. The molecule has 114 valence electrons. The fraction of sp³-hybridized carbons (Fsp3) is 0.438. The van der Waals surface area contributed by atoms with Crippen LogP contribution in [0.25, 0.3) is 11.5 Å². The van der Waals surface area contributed by atoms with Crippen LogP contribution in [-0.2, 0) is 4.79 Å². The first-order valence-electron chi connectivity index (χ1n) is 7.70. The highest BCUT2D eigenvalue weighted by atomic mass is 16.5. The topological polar surface area (TPSA) is 62.5 Å². The second-order valence-electron chi connectivity index (χ2n) is 5.92. The van der Waals surface area contributed by atoms with Crippen LogP contribution in [0, 0.1) is 0 Å². The van der Waals surface area contributed by atoms with Crippen molar-refractivity contribution >= 4 is 11.9 Å². The lowest BCUT2D eigenvalue weighted by Crippen LogP contribution is -2.59. The highest BCUT2D eigenvalue weighted by molar-refractivity contribution is 5.86. The SMILES string of the molecule is C[C@H]1C(=O)N2CCC[C@@H]2CN1c1noc(-c2ccccc2)n1. The van der Waals surface area contributed by atoms with E-state index in [9.17, 15) is 4.79 Å². The van der Waals surface area contributed by atoms with Crippen LogP contribution in [0.2, 0.25) is 0 Å². The third kappa shape index (κ3) is 2.06. The lowest BCUT2D eigenvalue weighted by Gasteiger charge is -2.40. The summed E-state index contributed by atoms with van der Waals surface area (Å²) in [5.74, 6) is 1.16. The van der Waals surface area contributed by atoms with E-state index in [-0.39, 0.29) is 18.0 Å². The summed E-state index contributed by atoms with van der Waals surface area (Å²) < 4.78 is 5.37. The van der Waals surface area contributed by atoms with E-state index in [4.69, 9.17) is 4.52 Å². The number of carbonyl (C=O) groups excluding carboxylic acids is 1. The molecule has 1 aromatic heterocycles. The lowest BCUT2D eigenvalue weighted by atomic mass is 10.1. The fourth-order valence-electron chi connectivity index (χ4n) is 3.36. The highest BCUT2D eigenvalue weighted by Gasteiger charge is 2.41. The van der Waals surface area contributed by atoms with Crippen molar-refractivity contribution < 1.29 is 9.32 Å². The van der Waals surface area contributed by atoms with Crippen LogP contribution in [0.4, 0.5) is 5.95 Å². The van der Waals surface area contributed by atoms with Gasteiger partial charge in [0.05, 0.1) is 0 Å². The highest BCUT2D eigenvalue weighted by Crippen LogP contribution is 2.29. The summed E-state index contributed by atoms with van der Waals surface area (Å²) in [7, 11) is 0. The molecule has 6 heteroatoms.